The van der Waals surface area contributed by atoms with Crippen molar-refractivity contribution in [1.82, 2.24) is 9.03 Å². The fraction of sp³-hybridized carbons (Fsp3) is 0.500. The smallest absolute Gasteiger partial charge is 0.214 e. The normalized spacial score (nSPS) is 29.5. The van der Waals surface area contributed by atoms with Gasteiger partial charge in [-0.2, -0.15) is 4.31 Å². The summed E-state index contributed by atoms with van der Waals surface area (Å²) in [6.45, 7) is 3.00. The van der Waals surface area contributed by atoms with Gasteiger partial charge in [-0.15, -0.1) is 0 Å². The molecule has 1 N–H and O–H groups in total. The van der Waals surface area contributed by atoms with Crippen molar-refractivity contribution in [3.63, 3.8) is 0 Å². The zero-order chi connectivity index (χ0) is 17.1. The fourth-order valence-electron chi connectivity index (χ4n) is 4.00. The average molecular weight is 368 g/mol. The lowest BCUT2D eigenvalue weighted by Gasteiger charge is -2.24. The Balaban J connectivity index is 1.61. The molecule has 130 valence electrons. The van der Waals surface area contributed by atoms with E-state index in [0.29, 0.717) is 37.4 Å². The number of rotatable bonds is 2. The molecule has 0 unspecified atom stereocenters. The molecule has 1 saturated heterocycles. The van der Waals surface area contributed by atoms with Crippen molar-refractivity contribution in [3.05, 3.63) is 41.0 Å². The molecule has 0 radical (unpaired) electrons. The number of benzene rings is 1. The predicted molar refractivity (Wildman–Crippen MR) is 90.4 cm³/mol. The van der Waals surface area contributed by atoms with E-state index < -0.39 is 25.3 Å². The molecule has 1 aliphatic carbocycles. The van der Waals surface area contributed by atoms with E-state index in [4.69, 9.17) is 0 Å². The predicted octanol–water partition coefficient (Wildman–Crippen LogP) is 1.01. The van der Waals surface area contributed by atoms with Crippen LogP contribution in [0.1, 0.15) is 18.4 Å². The van der Waals surface area contributed by atoms with Gasteiger partial charge in [0.25, 0.3) is 0 Å². The highest BCUT2D eigenvalue weighted by Gasteiger charge is 2.48. The van der Waals surface area contributed by atoms with E-state index in [0.717, 1.165) is 16.7 Å². The van der Waals surface area contributed by atoms with Crippen LogP contribution in [0.2, 0.25) is 0 Å². The van der Waals surface area contributed by atoms with Crippen LogP contribution in [0.3, 0.4) is 0 Å². The first-order valence-corrected chi connectivity index (χ1v) is 11.0. The van der Waals surface area contributed by atoms with Gasteiger partial charge in [-0.1, -0.05) is 23.3 Å². The Bertz CT molecular complexity index is 917. The Kier molecular flexibility index (Phi) is 3.65. The molecule has 0 amide bonds. The number of nitrogens with zero attached hydrogens (tertiary/aromatic N) is 1. The highest BCUT2D eigenvalue weighted by molar-refractivity contribution is 7.90. The third-order valence-corrected chi connectivity index (χ3v) is 9.09. The van der Waals surface area contributed by atoms with Gasteiger partial charge in [0, 0.05) is 25.6 Å². The summed E-state index contributed by atoms with van der Waals surface area (Å²) in [5, 5.41) is -0.404. The minimum absolute atomic E-state index is 0.0861. The molecule has 2 atom stereocenters. The van der Waals surface area contributed by atoms with Crippen molar-refractivity contribution < 1.29 is 16.8 Å². The first-order chi connectivity index (χ1) is 11.3. The molecule has 3 aliphatic rings. The number of hydrogen-bond acceptors (Lipinski definition) is 4. The lowest BCUT2D eigenvalue weighted by atomic mass is 9.84. The van der Waals surface area contributed by atoms with Crippen LogP contribution in [-0.2, 0) is 20.0 Å². The molecular weight excluding hydrogens is 348 g/mol. The van der Waals surface area contributed by atoms with Crippen LogP contribution in [0.4, 0.5) is 0 Å². The zero-order valence-corrected chi connectivity index (χ0v) is 15.0. The summed E-state index contributed by atoms with van der Waals surface area (Å²) in [6.07, 6.45) is 1.24. The van der Waals surface area contributed by atoms with Gasteiger partial charge in [0.15, 0.2) is 0 Å². The van der Waals surface area contributed by atoms with Crippen LogP contribution in [0, 0.1) is 12.8 Å². The van der Waals surface area contributed by atoms with E-state index in [1.54, 1.807) is 24.3 Å². The minimum Gasteiger partial charge on any atom is -0.214 e. The summed E-state index contributed by atoms with van der Waals surface area (Å²) in [5.74, 6) is -0.0861. The van der Waals surface area contributed by atoms with Crippen LogP contribution >= 0.6 is 0 Å². The van der Waals surface area contributed by atoms with Crippen molar-refractivity contribution in [3.8, 4) is 0 Å². The Labute approximate surface area is 142 Å². The van der Waals surface area contributed by atoms with Crippen molar-refractivity contribution in [2.45, 2.75) is 29.9 Å². The molecule has 2 aliphatic heterocycles. The topological polar surface area (TPSA) is 83.6 Å². The van der Waals surface area contributed by atoms with Crippen molar-refractivity contribution in [2.24, 2.45) is 5.92 Å². The molecule has 0 bridgehead atoms. The second-order valence-corrected chi connectivity index (χ2v) is 10.7. The van der Waals surface area contributed by atoms with E-state index in [1.807, 2.05) is 6.92 Å². The Morgan fingerprint density at radius 1 is 1.17 bits per heavy atom. The first-order valence-electron chi connectivity index (χ1n) is 8.05. The first kappa shape index (κ1) is 16.3. The van der Waals surface area contributed by atoms with Crippen LogP contribution in [0.5, 0.6) is 0 Å². The second-order valence-electron chi connectivity index (χ2n) is 6.79. The van der Waals surface area contributed by atoms with Crippen LogP contribution in [0.25, 0.3) is 0 Å². The summed E-state index contributed by atoms with van der Waals surface area (Å²) in [7, 11) is -6.80. The largest absolute Gasteiger partial charge is 0.243 e. The molecule has 1 aromatic carbocycles. The molecule has 1 fully saturated rings. The monoisotopic (exact) mass is 368 g/mol. The quantitative estimate of drug-likeness (QED) is 0.790. The fourth-order valence-corrected chi connectivity index (χ4v) is 7.16. The second kappa shape index (κ2) is 5.39. The third kappa shape index (κ3) is 2.44. The van der Waals surface area contributed by atoms with Gasteiger partial charge < -0.3 is 0 Å². The maximum Gasteiger partial charge on any atom is 0.243 e. The SMILES string of the molecule is Cc1ccc(S(=O)(=O)N2CC3=C(C2)[C@H]2CNS(=O)(=O)[C@H]2CC3)cc1. The Morgan fingerprint density at radius 2 is 1.88 bits per heavy atom. The van der Waals surface area contributed by atoms with Gasteiger partial charge in [0.2, 0.25) is 20.0 Å². The van der Waals surface area contributed by atoms with E-state index in [9.17, 15) is 16.8 Å². The third-order valence-electron chi connectivity index (χ3n) is 5.36. The van der Waals surface area contributed by atoms with Gasteiger partial charge >= 0.3 is 0 Å². The van der Waals surface area contributed by atoms with Crippen LogP contribution in [0.15, 0.2) is 40.3 Å². The van der Waals surface area contributed by atoms with Gasteiger partial charge in [0.05, 0.1) is 10.1 Å². The molecular formula is C16H20N2O4S2. The number of sulfonamides is 2. The summed E-state index contributed by atoms with van der Waals surface area (Å²) in [6, 6.07) is 6.85. The van der Waals surface area contributed by atoms with Crippen molar-refractivity contribution in [2.75, 3.05) is 19.6 Å². The molecule has 1 aromatic rings. The highest BCUT2D eigenvalue weighted by atomic mass is 32.2. The minimum atomic E-state index is -3.55. The maximum absolute atomic E-state index is 12.9. The van der Waals surface area contributed by atoms with Gasteiger partial charge in [0.1, 0.15) is 0 Å². The summed E-state index contributed by atoms with van der Waals surface area (Å²) in [5.41, 5.74) is 3.12. The molecule has 0 aromatic heterocycles. The van der Waals surface area contributed by atoms with Gasteiger partial charge in [-0.05, 0) is 37.5 Å². The van der Waals surface area contributed by atoms with Crippen molar-refractivity contribution in [1.29, 1.82) is 0 Å². The Hall–Kier alpha value is -1.22. The van der Waals surface area contributed by atoms with Crippen molar-refractivity contribution >= 4 is 20.0 Å². The zero-order valence-electron chi connectivity index (χ0n) is 13.4. The highest BCUT2D eigenvalue weighted by Crippen LogP contribution is 2.41. The Morgan fingerprint density at radius 3 is 2.58 bits per heavy atom. The molecule has 24 heavy (non-hydrogen) atoms. The summed E-state index contributed by atoms with van der Waals surface area (Å²) < 4.78 is 53.9. The van der Waals surface area contributed by atoms with Gasteiger partial charge in [-0.3, -0.25) is 0 Å². The van der Waals surface area contributed by atoms with Crippen LogP contribution in [-0.4, -0.2) is 46.0 Å². The molecule has 4 rings (SSSR count). The molecule has 0 saturated carbocycles. The molecule has 8 heteroatoms. The van der Waals surface area contributed by atoms with E-state index in [1.165, 1.54) is 4.31 Å². The molecule has 6 nitrogen and oxygen atoms in total. The number of hydrogen-bond donors (Lipinski definition) is 1. The lowest BCUT2D eigenvalue weighted by Crippen LogP contribution is -2.31. The summed E-state index contributed by atoms with van der Waals surface area (Å²) >= 11 is 0. The lowest BCUT2D eigenvalue weighted by molar-refractivity contribution is 0.472. The standard InChI is InChI=1S/C16H20N2O4S2/c1-11-2-5-13(6-3-11)24(21,22)18-9-12-4-7-16-14(15(12)10-18)8-17-23(16,19)20/h2-3,5-6,14,16-17H,4,7-10H2,1H3/t14-,16+/m1/s1. The maximum atomic E-state index is 12.9. The van der Waals surface area contributed by atoms with Crippen LogP contribution < -0.4 is 4.72 Å². The number of fused-ring (bicyclic) bond motifs is 2. The molecule has 0 spiro atoms. The summed E-state index contributed by atoms with van der Waals surface area (Å²) in [4.78, 5) is 0.293. The van der Waals surface area contributed by atoms with Gasteiger partial charge in [-0.25, -0.2) is 21.6 Å². The average Bonchev–Trinajstić information content (AvgIpc) is 3.09. The molecule has 2 heterocycles. The van der Waals surface area contributed by atoms with E-state index in [2.05, 4.69) is 4.72 Å². The van der Waals surface area contributed by atoms with E-state index in [-0.39, 0.29) is 5.92 Å². The number of nitrogens with one attached hydrogen (secondary N) is 1. The number of aryl methyl sites for hydroxylation is 1. The van der Waals surface area contributed by atoms with E-state index >= 15 is 0 Å².